The van der Waals surface area contributed by atoms with Gasteiger partial charge in [-0.2, -0.15) is 5.26 Å². The zero-order valence-electron chi connectivity index (χ0n) is 14.9. The third kappa shape index (κ3) is 4.24. The second kappa shape index (κ2) is 8.07. The minimum Gasteiger partial charge on any atom is -0.481 e. The molecule has 1 amide bonds. The van der Waals surface area contributed by atoms with Crippen LogP contribution in [0.3, 0.4) is 0 Å². The number of carbonyl (C=O) groups is 2. The van der Waals surface area contributed by atoms with Crippen LogP contribution in [0.1, 0.15) is 30.0 Å². The lowest BCUT2D eigenvalue weighted by atomic mass is 9.79. The Bertz CT molecular complexity index is 851. The van der Waals surface area contributed by atoms with Gasteiger partial charge in [0.05, 0.1) is 5.41 Å². The molecule has 0 bridgehead atoms. The van der Waals surface area contributed by atoms with Crippen LogP contribution in [0.5, 0.6) is 0 Å². The van der Waals surface area contributed by atoms with Crippen LogP contribution >= 0.6 is 11.8 Å². The summed E-state index contributed by atoms with van der Waals surface area (Å²) in [5.74, 6) is -1.42. The fraction of sp³-hybridized carbons (Fsp3) is 0.250. The number of amides is 1. The first kappa shape index (κ1) is 19.5. The second-order valence-corrected chi connectivity index (χ2v) is 7.21. The molecule has 0 spiro atoms. The van der Waals surface area contributed by atoms with Gasteiger partial charge in [0.1, 0.15) is 5.40 Å². The minimum atomic E-state index is -1.32. The van der Waals surface area contributed by atoms with Crippen LogP contribution < -0.4 is 5.32 Å². The van der Waals surface area contributed by atoms with Crippen LogP contribution in [0.2, 0.25) is 0 Å². The third-order valence-electron chi connectivity index (χ3n) is 4.33. The number of nitriles is 1. The van der Waals surface area contributed by atoms with Crippen molar-refractivity contribution in [1.82, 2.24) is 0 Å². The average Bonchev–Trinajstić information content (AvgIpc) is 2.59. The molecular formula is C20H20N2O3S. The highest BCUT2D eigenvalue weighted by Crippen LogP contribution is 2.31. The van der Waals surface area contributed by atoms with Crippen molar-refractivity contribution in [2.75, 3.05) is 5.32 Å². The molecule has 0 saturated carbocycles. The largest absolute Gasteiger partial charge is 0.481 e. The number of thiocyanates is 1. The van der Waals surface area contributed by atoms with Crippen molar-refractivity contribution in [3.63, 3.8) is 0 Å². The zero-order valence-corrected chi connectivity index (χ0v) is 15.7. The number of anilines is 1. The Labute approximate surface area is 157 Å². The topological polar surface area (TPSA) is 90.2 Å². The number of rotatable bonds is 6. The number of aliphatic carboxylic acids is 1. The highest BCUT2D eigenvalue weighted by Gasteiger charge is 2.37. The first-order valence-corrected chi connectivity index (χ1v) is 8.85. The molecule has 0 aliphatic rings. The van der Waals surface area contributed by atoms with Crippen molar-refractivity contribution in [3.05, 3.63) is 59.2 Å². The van der Waals surface area contributed by atoms with Gasteiger partial charge in [-0.1, -0.05) is 30.3 Å². The molecule has 0 unspecified atom stereocenters. The number of hydrogen-bond acceptors (Lipinski definition) is 4. The molecule has 1 atom stereocenters. The molecule has 0 fully saturated rings. The number of nitrogens with zero attached hydrogens (tertiary/aromatic N) is 1. The van der Waals surface area contributed by atoms with Gasteiger partial charge in [-0.05, 0) is 61.4 Å². The summed E-state index contributed by atoms with van der Waals surface area (Å²) in [5.41, 5.74) is 1.57. The molecule has 0 radical (unpaired) electrons. The van der Waals surface area contributed by atoms with Crippen molar-refractivity contribution in [2.45, 2.75) is 37.5 Å². The summed E-state index contributed by atoms with van der Waals surface area (Å²) in [5, 5.41) is 23.3. The molecule has 5 nitrogen and oxygen atoms in total. The zero-order chi connectivity index (χ0) is 19.3. The highest BCUT2D eigenvalue weighted by atomic mass is 32.2. The molecule has 6 heteroatoms. The maximum atomic E-state index is 12.6. The van der Waals surface area contributed by atoms with E-state index in [2.05, 4.69) is 5.32 Å². The summed E-state index contributed by atoms with van der Waals surface area (Å²) in [6.07, 6.45) is -0.181. The lowest BCUT2D eigenvalue weighted by Crippen LogP contribution is -2.36. The smallest absolute Gasteiger partial charge is 0.314 e. The summed E-state index contributed by atoms with van der Waals surface area (Å²) in [7, 11) is 0. The normalized spacial score (nSPS) is 12.7. The van der Waals surface area contributed by atoms with Crippen molar-refractivity contribution >= 4 is 29.3 Å². The SMILES string of the molecule is Cc1cc(SC#N)cc(C)c1NC(=O)C[C@@](C)(C(=O)O)c1ccccc1. The molecule has 0 saturated heterocycles. The fourth-order valence-corrected chi connectivity index (χ4v) is 3.42. The number of hydrogen-bond donors (Lipinski definition) is 2. The summed E-state index contributed by atoms with van der Waals surface area (Å²) in [6, 6.07) is 12.4. The predicted octanol–water partition coefficient (Wildman–Crippen LogP) is 4.25. The van der Waals surface area contributed by atoms with Gasteiger partial charge in [-0.15, -0.1) is 0 Å². The Balaban J connectivity index is 2.25. The van der Waals surface area contributed by atoms with Crippen molar-refractivity contribution in [1.29, 1.82) is 5.26 Å². The minimum absolute atomic E-state index is 0.181. The maximum Gasteiger partial charge on any atom is 0.314 e. The number of aryl methyl sites for hydroxylation is 2. The van der Waals surface area contributed by atoms with Crippen LogP contribution in [0.25, 0.3) is 0 Å². The van der Waals surface area contributed by atoms with E-state index in [1.807, 2.05) is 31.4 Å². The van der Waals surface area contributed by atoms with E-state index in [1.54, 1.807) is 37.3 Å². The van der Waals surface area contributed by atoms with Crippen molar-refractivity contribution in [2.24, 2.45) is 0 Å². The van der Waals surface area contributed by atoms with Crippen LogP contribution in [0, 0.1) is 24.5 Å². The number of nitrogens with one attached hydrogen (secondary N) is 1. The Morgan fingerprint density at radius 1 is 1.19 bits per heavy atom. The molecule has 0 aliphatic carbocycles. The monoisotopic (exact) mass is 368 g/mol. The van der Waals surface area contributed by atoms with Gasteiger partial charge < -0.3 is 10.4 Å². The standard InChI is InChI=1S/C20H20N2O3S/c1-13-9-16(26-12-21)10-14(2)18(13)22-17(23)11-20(3,19(24)25)15-7-5-4-6-8-15/h4-10H,11H2,1-3H3,(H,22,23)(H,24,25)/t20-/m1/s1. The maximum absolute atomic E-state index is 12.6. The second-order valence-electron chi connectivity index (χ2n) is 6.35. The molecule has 2 rings (SSSR count). The average molecular weight is 368 g/mol. The van der Waals surface area contributed by atoms with Gasteiger partial charge in [-0.3, -0.25) is 9.59 Å². The van der Waals surface area contributed by atoms with Crippen LogP contribution in [0.4, 0.5) is 5.69 Å². The van der Waals surface area contributed by atoms with Crippen molar-refractivity contribution in [3.8, 4) is 5.40 Å². The molecule has 2 aromatic rings. The Morgan fingerprint density at radius 3 is 2.27 bits per heavy atom. The lowest BCUT2D eigenvalue weighted by Gasteiger charge is -2.25. The van der Waals surface area contributed by atoms with Crippen LogP contribution in [-0.4, -0.2) is 17.0 Å². The third-order valence-corrected chi connectivity index (χ3v) is 4.89. The van der Waals surface area contributed by atoms with Gasteiger partial charge >= 0.3 is 5.97 Å². The predicted molar refractivity (Wildman–Crippen MR) is 102 cm³/mol. The van der Waals surface area contributed by atoms with Gasteiger partial charge in [-0.25, -0.2) is 0 Å². The van der Waals surface area contributed by atoms with E-state index < -0.39 is 11.4 Å². The molecule has 2 aromatic carbocycles. The van der Waals surface area contributed by atoms with Gasteiger partial charge in [0.15, 0.2) is 0 Å². The lowest BCUT2D eigenvalue weighted by molar-refractivity contribution is -0.145. The van der Waals surface area contributed by atoms with E-state index in [0.717, 1.165) is 27.8 Å². The van der Waals surface area contributed by atoms with E-state index in [1.165, 1.54) is 0 Å². The number of benzene rings is 2. The van der Waals surface area contributed by atoms with Gasteiger partial charge in [0, 0.05) is 17.0 Å². The van der Waals surface area contributed by atoms with Gasteiger partial charge in [0.25, 0.3) is 0 Å². The molecule has 134 valence electrons. The number of carboxylic acids is 1. The quantitative estimate of drug-likeness (QED) is 0.588. The molecular weight excluding hydrogens is 348 g/mol. The molecule has 0 aromatic heterocycles. The fourth-order valence-electron chi connectivity index (χ4n) is 2.84. The Kier molecular flexibility index (Phi) is 6.06. The number of thioether (sulfide) groups is 1. The summed E-state index contributed by atoms with van der Waals surface area (Å²) in [6.45, 7) is 5.24. The summed E-state index contributed by atoms with van der Waals surface area (Å²) >= 11 is 1.06. The highest BCUT2D eigenvalue weighted by molar-refractivity contribution is 8.03. The van der Waals surface area contributed by atoms with Crippen LogP contribution in [-0.2, 0) is 15.0 Å². The molecule has 26 heavy (non-hydrogen) atoms. The number of carbonyl (C=O) groups excluding carboxylic acids is 1. The first-order valence-electron chi connectivity index (χ1n) is 8.04. The molecule has 0 aliphatic heterocycles. The summed E-state index contributed by atoms with van der Waals surface area (Å²) in [4.78, 5) is 25.2. The Hall–Kier alpha value is -2.78. The summed E-state index contributed by atoms with van der Waals surface area (Å²) < 4.78 is 0. The Morgan fingerprint density at radius 2 is 1.77 bits per heavy atom. The first-order chi connectivity index (χ1) is 12.3. The molecule has 2 N–H and O–H groups in total. The molecule has 0 heterocycles. The van der Waals surface area contributed by atoms with E-state index in [0.29, 0.717) is 11.3 Å². The van der Waals surface area contributed by atoms with Crippen LogP contribution in [0.15, 0.2) is 47.4 Å². The van der Waals surface area contributed by atoms with E-state index >= 15 is 0 Å². The van der Waals surface area contributed by atoms with E-state index in [9.17, 15) is 14.7 Å². The van der Waals surface area contributed by atoms with Crippen molar-refractivity contribution < 1.29 is 14.7 Å². The van der Waals surface area contributed by atoms with E-state index in [-0.39, 0.29) is 12.3 Å². The van der Waals surface area contributed by atoms with E-state index in [4.69, 9.17) is 5.26 Å². The van der Waals surface area contributed by atoms with Gasteiger partial charge in [0.2, 0.25) is 5.91 Å². The number of carboxylic acid groups (broad SMARTS) is 1.